The third-order valence-electron chi connectivity index (χ3n) is 3.78. The average Bonchev–Trinajstić information content (AvgIpc) is 2.91. The van der Waals surface area contributed by atoms with Gasteiger partial charge in [0.15, 0.2) is 0 Å². The second-order valence-corrected chi connectivity index (χ2v) is 5.47. The van der Waals surface area contributed by atoms with Crippen LogP contribution < -0.4 is 5.32 Å². The SMILES string of the molecule is O=C(CCCn1ccnc1)NCC1(O)CCCCC1. The zero-order valence-corrected chi connectivity index (χ0v) is 11.3. The Morgan fingerprint density at radius 1 is 1.37 bits per heavy atom. The van der Waals surface area contributed by atoms with Gasteiger partial charge in [0.2, 0.25) is 5.91 Å². The quantitative estimate of drug-likeness (QED) is 0.818. The summed E-state index contributed by atoms with van der Waals surface area (Å²) in [5.41, 5.74) is -0.668. The Morgan fingerprint density at radius 2 is 2.16 bits per heavy atom. The van der Waals surface area contributed by atoms with E-state index >= 15 is 0 Å². The van der Waals surface area contributed by atoms with Crippen LogP contribution in [0.5, 0.6) is 0 Å². The van der Waals surface area contributed by atoms with Gasteiger partial charge in [-0.2, -0.15) is 0 Å². The first-order chi connectivity index (χ1) is 9.18. The van der Waals surface area contributed by atoms with E-state index in [1.165, 1.54) is 6.42 Å². The highest BCUT2D eigenvalue weighted by atomic mass is 16.3. The number of aryl methyl sites for hydroxylation is 1. The average molecular weight is 265 g/mol. The van der Waals surface area contributed by atoms with E-state index in [9.17, 15) is 9.90 Å². The van der Waals surface area contributed by atoms with Crippen molar-refractivity contribution in [2.24, 2.45) is 0 Å². The van der Waals surface area contributed by atoms with Gasteiger partial charge in [-0.25, -0.2) is 4.98 Å². The largest absolute Gasteiger partial charge is 0.388 e. The number of imidazole rings is 1. The first-order valence-corrected chi connectivity index (χ1v) is 7.13. The van der Waals surface area contributed by atoms with Crippen molar-refractivity contribution in [1.29, 1.82) is 0 Å². The van der Waals surface area contributed by atoms with Crippen LogP contribution in [0.25, 0.3) is 0 Å². The maximum absolute atomic E-state index is 11.7. The van der Waals surface area contributed by atoms with E-state index in [0.717, 1.165) is 38.6 Å². The summed E-state index contributed by atoms with van der Waals surface area (Å²) in [6.45, 7) is 1.20. The monoisotopic (exact) mass is 265 g/mol. The van der Waals surface area contributed by atoms with Crippen LogP contribution in [0.15, 0.2) is 18.7 Å². The number of aliphatic hydroxyl groups is 1. The van der Waals surface area contributed by atoms with Crippen molar-refractivity contribution in [2.45, 2.75) is 57.1 Å². The summed E-state index contributed by atoms with van der Waals surface area (Å²) in [4.78, 5) is 15.7. The summed E-state index contributed by atoms with van der Waals surface area (Å²) < 4.78 is 1.96. The molecule has 0 radical (unpaired) electrons. The first-order valence-electron chi connectivity index (χ1n) is 7.13. The van der Waals surface area contributed by atoms with Crippen molar-refractivity contribution in [3.05, 3.63) is 18.7 Å². The molecule has 0 bridgehead atoms. The molecule has 1 aliphatic carbocycles. The first kappa shape index (κ1) is 14.1. The third-order valence-corrected chi connectivity index (χ3v) is 3.78. The molecule has 5 nitrogen and oxygen atoms in total. The van der Waals surface area contributed by atoms with Gasteiger partial charge < -0.3 is 15.0 Å². The van der Waals surface area contributed by atoms with Gasteiger partial charge in [0.05, 0.1) is 11.9 Å². The molecule has 2 rings (SSSR count). The van der Waals surface area contributed by atoms with Gasteiger partial charge in [0, 0.05) is 31.9 Å². The van der Waals surface area contributed by atoms with E-state index < -0.39 is 5.60 Å². The summed E-state index contributed by atoms with van der Waals surface area (Å²) >= 11 is 0. The fraction of sp³-hybridized carbons (Fsp3) is 0.714. The Morgan fingerprint density at radius 3 is 2.84 bits per heavy atom. The van der Waals surface area contributed by atoms with Crippen LogP contribution in [0.3, 0.4) is 0 Å². The Labute approximate surface area is 114 Å². The van der Waals surface area contributed by atoms with E-state index in [-0.39, 0.29) is 5.91 Å². The van der Waals surface area contributed by atoms with Crippen molar-refractivity contribution in [3.63, 3.8) is 0 Å². The van der Waals surface area contributed by atoms with Gasteiger partial charge in [-0.3, -0.25) is 4.79 Å². The van der Waals surface area contributed by atoms with Crippen LogP contribution in [0.1, 0.15) is 44.9 Å². The highest BCUT2D eigenvalue weighted by Gasteiger charge is 2.29. The van der Waals surface area contributed by atoms with Crippen molar-refractivity contribution in [1.82, 2.24) is 14.9 Å². The summed E-state index contributed by atoms with van der Waals surface area (Å²) in [6, 6.07) is 0. The number of amides is 1. The number of rotatable bonds is 6. The van der Waals surface area contributed by atoms with E-state index in [2.05, 4.69) is 10.3 Å². The van der Waals surface area contributed by atoms with Gasteiger partial charge in [-0.1, -0.05) is 19.3 Å². The summed E-state index contributed by atoms with van der Waals surface area (Å²) in [5.74, 6) is 0.0270. The molecular formula is C14H23N3O2. The molecule has 0 spiro atoms. The second kappa shape index (κ2) is 6.70. The van der Waals surface area contributed by atoms with Crippen LogP contribution in [-0.4, -0.2) is 32.7 Å². The van der Waals surface area contributed by atoms with E-state index in [1.807, 2.05) is 10.8 Å². The number of aromatic nitrogens is 2. The van der Waals surface area contributed by atoms with Gasteiger partial charge in [0.25, 0.3) is 0 Å². The molecule has 1 saturated carbocycles. The normalized spacial score (nSPS) is 18.2. The number of carbonyl (C=O) groups excluding carboxylic acids is 1. The molecular weight excluding hydrogens is 242 g/mol. The predicted octanol–water partition coefficient (Wildman–Crippen LogP) is 1.47. The molecule has 2 N–H and O–H groups in total. The summed E-state index contributed by atoms with van der Waals surface area (Å²) in [7, 11) is 0. The lowest BCUT2D eigenvalue weighted by atomic mass is 9.85. The molecule has 0 atom stereocenters. The fourth-order valence-electron chi connectivity index (χ4n) is 2.58. The van der Waals surface area contributed by atoms with Crippen LogP contribution in [0, 0.1) is 0 Å². The zero-order valence-electron chi connectivity index (χ0n) is 11.3. The van der Waals surface area contributed by atoms with Crippen molar-refractivity contribution in [2.75, 3.05) is 6.54 Å². The molecule has 0 unspecified atom stereocenters. The zero-order chi connectivity index (χ0) is 13.6. The molecule has 1 fully saturated rings. The highest BCUT2D eigenvalue weighted by Crippen LogP contribution is 2.27. The number of hydrogen-bond acceptors (Lipinski definition) is 3. The van der Waals surface area contributed by atoms with Crippen LogP contribution in [0.4, 0.5) is 0 Å². The number of nitrogens with one attached hydrogen (secondary N) is 1. The van der Waals surface area contributed by atoms with Crippen molar-refractivity contribution in [3.8, 4) is 0 Å². The minimum Gasteiger partial charge on any atom is -0.388 e. The molecule has 1 aromatic heterocycles. The number of nitrogens with zero attached hydrogens (tertiary/aromatic N) is 2. The summed E-state index contributed by atoms with van der Waals surface area (Å²) in [6.07, 6.45) is 11.6. The molecule has 1 heterocycles. The van der Waals surface area contributed by atoms with Gasteiger partial charge >= 0.3 is 0 Å². The maximum Gasteiger partial charge on any atom is 0.220 e. The molecule has 0 aliphatic heterocycles. The minimum atomic E-state index is -0.668. The smallest absolute Gasteiger partial charge is 0.220 e. The van der Waals surface area contributed by atoms with Crippen LogP contribution in [0.2, 0.25) is 0 Å². The van der Waals surface area contributed by atoms with Gasteiger partial charge in [-0.15, -0.1) is 0 Å². The van der Waals surface area contributed by atoms with E-state index in [1.54, 1.807) is 12.5 Å². The number of hydrogen-bond donors (Lipinski definition) is 2. The lowest BCUT2D eigenvalue weighted by Crippen LogP contribution is -2.44. The Hall–Kier alpha value is -1.36. The van der Waals surface area contributed by atoms with E-state index in [0.29, 0.717) is 13.0 Å². The third kappa shape index (κ3) is 4.67. The Balaban J connectivity index is 1.61. The Bertz CT molecular complexity index is 383. The van der Waals surface area contributed by atoms with Crippen LogP contribution >= 0.6 is 0 Å². The van der Waals surface area contributed by atoms with Crippen molar-refractivity contribution >= 4 is 5.91 Å². The molecule has 106 valence electrons. The fourth-order valence-corrected chi connectivity index (χ4v) is 2.58. The molecule has 19 heavy (non-hydrogen) atoms. The lowest BCUT2D eigenvalue weighted by Gasteiger charge is -2.32. The molecule has 1 aromatic rings. The molecule has 0 saturated heterocycles. The molecule has 1 amide bonds. The standard InChI is InChI=1S/C14H23N3O2/c18-13(5-4-9-17-10-8-15-12-17)16-11-14(19)6-2-1-3-7-14/h8,10,12,19H,1-7,9,11H2,(H,16,18). The van der Waals surface area contributed by atoms with Crippen LogP contribution in [-0.2, 0) is 11.3 Å². The molecule has 1 aliphatic rings. The van der Waals surface area contributed by atoms with Crippen molar-refractivity contribution < 1.29 is 9.90 Å². The summed E-state index contributed by atoms with van der Waals surface area (Å²) in [5, 5.41) is 13.1. The second-order valence-electron chi connectivity index (χ2n) is 5.47. The van der Waals surface area contributed by atoms with Gasteiger partial charge in [0.1, 0.15) is 0 Å². The lowest BCUT2D eigenvalue weighted by molar-refractivity contribution is -0.122. The molecule has 0 aromatic carbocycles. The molecule has 5 heteroatoms. The van der Waals surface area contributed by atoms with E-state index in [4.69, 9.17) is 0 Å². The minimum absolute atomic E-state index is 0.0270. The Kier molecular flexibility index (Phi) is 4.96. The number of carbonyl (C=O) groups is 1. The van der Waals surface area contributed by atoms with Gasteiger partial charge in [-0.05, 0) is 19.3 Å². The predicted molar refractivity (Wildman–Crippen MR) is 72.5 cm³/mol. The maximum atomic E-state index is 11.7. The highest BCUT2D eigenvalue weighted by molar-refractivity contribution is 5.75. The topological polar surface area (TPSA) is 67.2 Å².